The van der Waals surface area contributed by atoms with E-state index in [2.05, 4.69) is 9.80 Å². The molecule has 1 atom stereocenters. The van der Waals surface area contributed by atoms with Gasteiger partial charge in [0.05, 0.1) is 37.4 Å². The molecule has 1 saturated heterocycles. The first-order valence-corrected chi connectivity index (χ1v) is 11.7. The van der Waals surface area contributed by atoms with Crippen molar-refractivity contribution in [3.05, 3.63) is 44.4 Å². The fraction of sp³-hybridized carbons (Fsp3) is 0.478. The summed E-state index contributed by atoms with van der Waals surface area (Å²) in [6, 6.07) is 6.40. The number of ether oxygens (including phenoxy) is 4. The molecular weight excluding hydrogens is 501 g/mol. The predicted octanol–water partition coefficient (Wildman–Crippen LogP) is 3.88. The Morgan fingerprint density at radius 2 is 1.63 bits per heavy atom. The number of benzene rings is 2. The Morgan fingerprint density at radius 3 is 2.17 bits per heavy atom. The third kappa shape index (κ3) is 6.72. The fourth-order valence-corrected chi connectivity index (χ4v) is 4.44. The number of methoxy groups -OCH3 is 3. The average Bonchev–Trinajstić information content (AvgIpc) is 2.85. The van der Waals surface area contributed by atoms with Gasteiger partial charge in [-0.25, -0.2) is 0 Å². The third-order valence-electron chi connectivity index (χ3n) is 5.77. The van der Waals surface area contributed by atoms with Crippen LogP contribution in [-0.4, -0.2) is 81.7 Å². The van der Waals surface area contributed by atoms with Crippen LogP contribution in [0.4, 0.5) is 11.4 Å². The summed E-state index contributed by atoms with van der Waals surface area (Å²) >= 11 is 11.9. The highest BCUT2D eigenvalue weighted by Crippen LogP contribution is 2.41. The largest absolute Gasteiger partial charge is 0.493 e. The summed E-state index contributed by atoms with van der Waals surface area (Å²) in [7, 11) is 4.75. The van der Waals surface area contributed by atoms with E-state index in [4.69, 9.17) is 42.1 Å². The number of hydrogen-bond donors (Lipinski definition) is 1. The van der Waals surface area contributed by atoms with Crippen LogP contribution in [-0.2, 0) is 0 Å². The molecule has 12 heteroatoms. The molecule has 0 radical (unpaired) electrons. The number of anilines is 1. The maximum atomic E-state index is 11.3. The fourth-order valence-electron chi connectivity index (χ4n) is 3.90. The number of hydrogen-bond acceptors (Lipinski definition) is 9. The Morgan fingerprint density at radius 1 is 1.00 bits per heavy atom. The average molecular weight is 530 g/mol. The summed E-state index contributed by atoms with van der Waals surface area (Å²) in [4.78, 5) is 15.1. The van der Waals surface area contributed by atoms with E-state index >= 15 is 0 Å². The summed E-state index contributed by atoms with van der Waals surface area (Å²) in [6.07, 6.45) is -0.363. The lowest BCUT2D eigenvalue weighted by Crippen LogP contribution is -2.47. The van der Waals surface area contributed by atoms with Crippen molar-refractivity contribution in [2.45, 2.75) is 12.5 Å². The third-order valence-corrected chi connectivity index (χ3v) is 6.27. The van der Waals surface area contributed by atoms with Crippen LogP contribution >= 0.6 is 23.2 Å². The SMILES string of the molecule is COc1cc(N2CCN(CCC(O)COc3c(Cl)cc(Cl)cc3[N+](=O)[O-])CC2)cc(OC)c1OC. The van der Waals surface area contributed by atoms with Crippen molar-refractivity contribution in [3.8, 4) is 23.0 Å². The molecule has 1 aliphatic rings. The minimum absolute atomic E-state index is 0.0271. The summed E-state index contributed by atoms with van der Waals surface area (Å²) in [6.45, 7) is 3.73. The lowest BCUT2D eigenvalue weighted by atomic mass is 10.2. The number of aliphatic hydroxyl groups excluding tert-OH is 1. The van der Waals surface area contributed by atoms with E-state index < -0.39 is 11.0 Å². The van der Waals surface area contributed by atoms with Crippen molar-refractivity contribution in [2.24, 2.45) is 0 Å². The molecule has 0 saturated carbocycles. The first-order chi connectivity index (χ1) is 16.8. The van der Waals surface area contributed by atoms with Gasteiger partial charge in [0.15, 0.2) is 11.5 Å². The zero-order valence-corrected chi connectivity index (χ0v) is 21.3. The quantitative estimate of drug-likeness (QED) is 0.342. The summed E-state index contributed by atoms with van der Waals surface area (Å²) in [5.74, 6) is 1.67. The zero-order chi connectivity index (χ0) is 25.5. The van der Waals surface area contributed by atoms with Crippen LogP contribution in [0.5, 0.6) is 23.0 Å². The molecule has 192 valence electrons. The Bertz CT molecular complexity index is 1010. The Kier molecular flexibility index (Phi) is 9.50. The van der Waals surface area contributed by atoms with E-state index in [-0.39, 0.29) is 28.1 Å². The van der Waals surface area contributed by atoms with Gasteiger partial charge in [-0.2, -0.15) is 0 Å². The molecule has 0 spiro atoms. The second-order valence-electron chi connectivity index (χ2n) is 7.96. The number of nitro benzene ring substituents is 1. The highest BCUT2D eigenvalue weighted by atomic mass is 35.5. The topological polar surface area (TPSA) is 107 Å². The van der Waals surface area contributed by atoms with Crippen LogP contribution < -0.4 is 23.8 Å². The molecule has 1 fully saturated rings. The van der Waals surface area contributed by atoms with Crippen LogP contribution in [0.15, 0.2) is 24.3 Å². The number of nitro groups is 1. The van der Waals surface area contributed by atoms with Gasteiger partial charge in [-0.3, -0.25) is 15.0 Å². The molecule has 2 aromatic carbocycles. The Labute approximate surface area is 214 Å². The van der Waals surface area contributed by atoms with E-state index in [1.807, 2.05) is 12.1 Å². The Balaban J connectivity index is 1.50. The van der Waals surface area contributed by atoms with Crippen LogP contribution in [0, 0.1) is 10.1 Å². The first-order valence-electron chi connectivity index (χ1n) is 11.0. The second kappa shape index (κ2) is 12.3. The Hall–Kier alpha value is -2.66. The molecule has 10 nitrogen and oxygen atoms in total. The standard InChI is InChI=1S/C23H29Cl2N3O7/c1-32-20-12-16(13-21(33-2)23(20)34-3)27-8-6-26(7-9-27)5-4-17(29)14-35-22-18(25)10-15(24)11-19(22)28(30)31/h10-13,17,29H,4-9,14H2,1-3H3. The van der Waals surface area contributed by atoms with E-state index in [9.17, 15) is 15.2 Å². The molecule has 0 amide bonds. The molecular formula is C23H29Cl2N3O7. The van der Waals surface area contributed by atoms with Crippen molar-refractivity contribution >= 4 is 34.6 Å². The van der Waals surface area contributed by atoms with Crippen LogP contribution in [0.2, 0.25) is 10.0 Å². The molecule has 0 aromatic heterocycles. The minimum atomic E-state index is -0.811. The minimum Gasteiger partial charge on any atom is -0.493 e. The number of nitrogens with zero attached hydrogens (tertiary/aromatic N) is 3. The van der Waals surface area contributed by atoms with Gasteiger partial charge in [0.1, 0.15) is 6.61 Å². The van der Waals surface area contributed by atoms with Crippen molar-refractivity contribution in [2.75, 3.05) is 65.6 Å². The highest BCUT2D eigenvalue weighted by Gasteiger charge is 2.23. The molecule has 1 N–H and O–H groups in total. The van der Waals surface area contributed by atoms with Gasteiger partial charge in [-0.1, -0.05) is 23.2 Å². The van der Waals surface area contributed by atoms with Crippen molar-refractivity contribution in [3.63, 3.8) is 0 Å². The maximum absolute atomic E-state index is 11.3. The lowest BCUT2D eigenvalue weighted by molar-refractivity contribution is -0.385. The number of halogens is 2. The van der Waals surface area contributed by atoms with E-state index in [1.54, 1.807) is 21.3 Å². The van der Waals surface area contributed by atoms with Crippen molar-refractivity contribution < 1.29 is 29.0 Å². The lowest BCUT2D eigenvalue weighted by Gasteiger charge is -2.36. The molecule has 1 unspecified atom stereocenters. The van der Waals surface area contributed by atoms with Crippen LogP contribution in [0.3, 0.4) is 0 Å². The smallest absolute Gasteiger partial charge is 0.314 e. The van der Waals surface area contributed by atoms with E-state index in [0.29, 0.717) is 30.2 Å². The number of aliphatic hydroxyl groups is 1. The van der Waals surface area contributed by atoms with Gasteiger partial charge in [0, 0.05) is 61.6 Å². The van der Waals surface area contributed by atoms with Gasteiger partial charge >= 0.3 is 5.69 Å². The van der Waals surface area contributed by atoms with Gasteiger partial charge in [0.2, 0.25) is 11.5 Å². The predicted molar refractivity (Wildman–Crippen MR) is 134 cm³/mol. The molecule has 35 heavy (non-hydrogen) atoms. The first kappa shape index (κ1) is 26.9. The molecule has 2 aromatic rings. The monoisotopic (exact) mass is 529 g/mol. The maximum Gasteiger partial charge on any atom is 0.314 e. The van der Waals surface area contributed by atoms with E-state index in [0.717, 1.165) is 31.9 Å². The van der Waals surface area contributed by atoms with Gasteiger partial charge in [0.25, 0.3) is 0 Å². The number of piperazine rings is 1. The van der Waals surface area contributed by atoms with E-state index in [1.165, 1.54) is 12.1 Å². The molecule has 3 rings (SSSR count). The highest BCUT2D eigenvalue weighted by molar-refractivity contribution is 6.36. The molecule has 1 heterocycles. The second-order valence-corrected chi connectivity index (χ2v) is 8.80. The van der Waals surface area contributed by atoms with Gasteiger partial charge in [-0.05, 0) is 12.5 Å². The van der Waals surface area contributed by atoms with Crippen LogP contribution in [0.25, 0.3) is 0 Å². The zero-order valence-electron chi connectivity index (χ0n) is 19.8. The van der Waals surface area contributed by atoms with Crippen molar-refractivity contribution in [1.82, 2.24) is 4.90 Å². The van der Waals surface area contributed by atoms with Crippen LogP contribution in [0.1, 0.15) is 6.42 Å². The van der Waals surface area contributed by atoms with Crippen molar-refractivity contribution in [1.29, 1.82) is 0 Å². The summed E-state index contributed by atoms with van der Waals surface area (Å²) in [5.41, 5.74) is 0.645. The summed E-state index contributed by atoms with van der Waals surface area (Å²) in [5, 5.41) is 21.8. The normalized spacial score (nSPS) is 15.0. The molecule has 0 bridgehead atoms. The van der Waals surface area contributed by atoms with Gasteiger partial charge < -0.3 is 29.0 Å². The number of rotatable bonds is 11. The summed E-state index contributed by atoms with van der Waals surface area (Å²) < 4.78 is 21.8. The van der Waals surface area contributed by atoms with Gasteiger partial charge in [-0.15, -0.1) is 0 Å². The molecule has 1 aliphatic heterocycles. The molecule has 0 aliphatic carbocycles.